The molecule has 4 aromatic rings. The number of carbonyl (C=O) groups excluding carboxylic acids is 2. The van der Waals surface area contributed by atoms with E-state index in [2.05, 4.69) is 20.6 Å². The third kappa shape index (κ3) is 6.14. The first-order valence-corrected chi connectivity index (χ1v) is 14.6. The number of nitrogens with two attached hydrogens (primary N) is 1. The highest BCUT2D eigenvalue weighted by atomic mass is 35.5. The molecule has 10 nitrogen and oxygen atoms in total. The zero-order chi connectivity index (χ0) is 31.3. The van der Waals surface area contributed by atoms with E-state index >= 15 is 0 Å². The smallest absolute Gasteiger partial charge is 0.251 e. The predicted molar refractivity (Wildman–Crippen MR) is 163 cm³/mol. The lowest BCUT2D eigenvalue weighted by Gasteiger charge is -2.28. The Bertz CT molecular complexity index is 1760. The predicted octanol–water partition coefficient (Wildman–Crippen LogP) is 3.91. The number of halogens is 2. The number of amides is 2. The Kier molecular flexibility index (Phi) is 7.84. The molecule has 0 aliphatic carbocycles. The number of nitrogens with one attached hydrogen (secondary N) is 2. The number of carbonyl (C=O) groups is 2. The second-order valence-electron chi connectivity index (χ2n) is 11.7. The maximum absolute atomic E-state index is 14.0. The molecule has 2 amide bonds. The maximum atomic E-state index is 14.0. The number of hydrogen-bond donors (Lipinski definition) is 5. The van der Waals surface area contributed by atoms with Gasteiger partial charge in [-0.1, -0.05) is 22.9 Å². The first kappa shape index (κ1) is 30.6. The van der Waals surface area contributed by atoms with Gasteiger partial charge in [0.25, 0.3) is 5.91 Å². The fourth-order valence-corrected chi connectivity index (χ4v) is 5.66. The Labute approximate surface area is 256 Å². The summed E-state index contributed by atoms with van der Waals surface area (Å²) >= 11 is 7.34. The minimum atomic E-state index is -1.71. The van der Waals surface area contributed by atoms with Crippen molar-refractivity contribution in [3.05, 3.63) is 70.1 Å². The average Bonchev–Trinajstić information content (AvgIpc) is 3.50. The summed E-state index contributed by atoms with van der Waals surface area (Å²) in [7, 11) is 0. The number of nitrogens with zero attached hydrogens (tertiary/aromatic N) is 2. The third-order valence-electron chi connectivity index (χ3n) is 7.26. The number of rotatable bonds is 8. The quantitative estimate of drug-likeness (QED) is 0.197. The molecule has 1 aliphatic heterocycles. The van der Waals surface area contributed by atoms with Gasteiger partial charge in [0, 0.05) is 23.2 Å². The zero-order valence-corrected chi connectivity index (χ0v) is 25.5. The number of pyridine rings is 1. The van der Waals surface area contributed by atoms with E-state index in [0.29, 0.717) is 27.3 Å². The number of anilines is 1. The number of nitrogen functional groups attached to an aromatic ring is 1. The molecule has 5 rings (SSSR count). The van der Waals surface area contributed by atoms with Crippen LogP contribution in [0, 0.1) is 5.82 Å². The van der Waals surface area contributed by atoms with Crippen molar-refractivity contribution in [3.63, 3.8) is 0 Å². The minimum absolute atomic E-state index is 0.00120. The van der Waals surface area contributed by atoms with Crippen molar-refractivity contribution in [3.8, 4) is 17.0 Å². The van der Waals surface area contributed by atoms with Gasteiger partial charge in [-0.3, -0.25) is 9.59 Å². The van der Waals surface area contributed by atoms with Crippen LogP contribution in [0.15, 0.2) is 42.5 Å². The molecule has 2 aromatic carbocycles. The molecule has 0 radical (unpaired) electrons. The van der Waals surface area contributed by atoms with Crippen LogP contribution in [0.5, 0.6) is 5.75 Å². The molecular weight excluding hydrogens is 597 g/mol. The van der Waals surface area contributed by atoms with E-state index in [-0.39, 0.29) is 41.9 Å². The number of ether oxygens (including phenoxy) is 1. The Morgan fingerprint density at radius 3 is 2.56 bits per heavy atom. The van der Waals surface area contributed by atoms with Gasteiger partial charge in [-0.15, -0.1) is 0 Å². The molecule has 1 aliphatic rings. The van der Waals surface area contributed by atoms with Crippen molar-refractivity contribution in [1.82, 2.24) is 20.6 Å². The number of aromatic nitrogens is 2. The standard InChI is InChI=1S/C30H31ClFN5O5S/c1-28(2,40)12-35-26(39)29(3)14-42-24-17(29)11-22(37-23(24)15-5-7-19(32)18(31)9-15)30(4,41)13-34-25(38)16-6-8-20-21(10-16)43-27(33)36-20/h5-11,40-41H,12-14H2,1-4H3,(H2,33,36)(H,34,38)(H,35,39)/t29-,30-/m0/s1. The number of fused-ring (bicyclic) bond motifs is 2. The molecule has 3 heterocycles. The van der Waals surface area contributed by atoms with Crippen molar-refractivity contribution in [1.29, 1.82) is 0 Å². The second-order valence-corrected chi connectivity index (χ2v) is 13.1. The van der Waals surface area contributed by atoms with Gasteiger partial charge in [-0.2, -0.15) is 0 Å². The molecule has 13 heteroatoms. The van der Waals surface area contributed by atoms with Crippen LogP contribution < -0.4 is 21.1 Å². The number of thiazole rings is 1. The first-order valence-electron chi connectivity index (χ1n) is 13.4. The number of benzene rings is 2. The van der Waals surface area contributed by atoms with E-state index in [1.54, 1.807) is 45.0 Å². The van der Waals surface area contributed by atoms with Crippen LogP contribution in [0.4, 0.5) is 9.52 Å². The van der Waals surface area contributed by atoms with Gasteiger partial charge in [0.05, 0.1) is 33.1 Å². The third-order valence-corrected chi connectivity index (χ3v) is 8.40. The second kappa shape index (κ2) is 11.0. The number of hydrogen-bond acceptors (Lipinski definition) is 9. The molecule has 2 atom stereocenters. The summed E-state index contributed by atoms with van der Waals surface area (Å²) in [5.74, 6) is -1.17. The van der Waals surface area contributed by atoms with Crippen molar-refractivity contribution in [2.24, 2.45) is 0 Å². The monoisotopic (exact) mass is 627 g/mol. The van der Waals surface area contributed by atoms with Gasteiger partial charge in [0.1, 0.15) is 34.9 Å². The fourth-order valence-electron chi connectivity index (χ4n) is 4.71. The lowest BCUT2D eigenvalue weighted by molar-refractivity contribution is -0.127. The van der Waals surface area contributed by atoms with Crippen molar-refractivity contribution < 1.29 is 28.9 Å². The van der Waals surface area contributed by atoms with Crippen molar-refractivity contribution in [2.75, 3.05) is 25.4 Å². The van der Waals surface area contributed by atoms with E-state index in [0.717, 1.165) is 4.70 Å². The molecule has 226 valence electrons. The normalized spacial score (nSPS) is 17.7. The number of aliphatic hydroxyl groups is 2. The topological polar surface area (TPSA) is 160 Å². The van der Waals surface area contributed by atoms with Crippen LogP contribution in [0.3, 0.4) is 0 Å². The summed E-state index contributed by atoms with van der Waals surface area (Å²) in [6.45, 7) is 6.04. The lowest BCUT2D eigenvalue weighted by atomic mass is 9.81. The molecule has 0 unspecified atom stereocenters. The Morgan fingerprint density at radius 2 is 1.86 bits per heavy atom. The van der Waals surface area contributed by atoms with E-state index in [4.69, 9.17) is 22.1 Å². The molecular formula is C30H31ClFN5O5S. The maximum Gasteiger partial charge on any atom is 0.251 e. The van der Waals surface area contributed by atoms with Crippen LogP contribution in [-0.2, 0) is 15.8 Å². The van der Waals surface area contributed by atoms with E-state index < -0.39 is 34.2 Å². The SMILES string of the molecule is CC(C)(O)CNC(=O)[C@@]1(C)COc2c1cc([C@@](C)(O)CNC(=O)c1ccc3nc(N)sc3c1)nc2-c1ccc(F)c(Cl)c1. The Hall–Kier alpha value is -3.84. The summed E-state index contributed by atoms with van der Waals surface area (Å²) < 4.78 is 20.8. The molecule has 0 bridgehead atoms. The fraction of sp³-hybridized carbons (Fsp3) is 0.333. The van der Waals surface area contributed by atoms with Gasteiger partial charge in [-0.05, 0) is 70.2 Å². The summed E-state index contributed by atoms with van der Waals surface area (Å²) in [6.07, 6.45) is 0. The molecule has 0 spiro atoms. The molecule has 6 N–H and O–H groups in total. The lowest BCUT2D eigenvalue weighted by Crippen LogP contribution is -2.48. The first-order chi connectivity index (χ1) is 20.1. The highest BCUT2D eigenvalue weighted by Gasteiger charge is 2.46. The van der Waals surface area contributed by atoms with Crippen LogP contribution in [0.2, 0.25) is 5.02 Å². The van der Waals surface area contributed by atoms with E-state index in [1.807, 2.05) is 0 Å². The van der Waals surface area contributed by atoms with Crippen LogP contribution in [0.1, 0.15) is 49.3 Å². The van der Waals surface area contributed by atoms with Gasteiger partial charge in [0.2, 0.25) is 5.91 Å². The van der Waals surface area contributed by atoms with Crippen LogP contribution in [-0.4, -0.2) is 57.3 Å². The minimum Gasteiger partial charge on any atom is -0.489 e. The summed E-state index contributed by atoms with van der Waals surface area (Å²) in [6, 6.07) is 10.6. The molecule has 43 heavy (non-hydrogen) atoms. The Morgan fingerprint density at radius 1 is 1.12 bits per heavy atom. The zero-order valence-electron chi connectivity index (χ0n) is 23.9. The van der Waals surface area contributed by atoms with Crippen LogP contribution >= 0.6 is 22.9 Å². The van der Waals surface area contributed by atoms with Crippen LogP contribution in [0.25, 0.3) is 21.5 Å². The highest BCUT2D eigenvalue weighted by Crippen LogP contribution is 2.46. The molecule has 0 saturated heterocycles. The van der Waals surface area contributed by atoms with E-state index in [1.165, 1.54) is 36.5 Å². The van der Waals surface area contributed by atoms with Gasteiger partial charge in [-0.25, -0.2) is 14.4 Å². The summed E-state index contributed by atoms with van der Waals surface area (Å²) in [4.78, 5) is 35.3. The van der Waals surface area contributed by atoms with Crippen molar-refractivity contribution in [2.45, 2.75) is 44.3 Å². The van der Waals surface area contributed by atoms with Gasteiger partial charge >= 0.3 is 0 Å². The molecule has 2 aromatic heterocycles. The Balaban J connectivity index is 1.50. The summed E-state index contributed by atoms with van der Waals surface area (Å²) in [5.41, 5.74) is 3.96. The summed E-state index contributed by atoms with van der Waals surface area (Å²) in [5, 5.41) is 27.5. The van der Waals surface area contributed by atoms with Crippen molar-refractivity contribution >= 4 is 50.1 Å². The molecule has 0 fully saturated rings. The average molecular weight is 628 g/mol. The molecule has 0 saturated carbocycles. The van der Waals surface area contributed by atoms with E-state index in [9.17, 15) is 24.2 Å². The largest absolute Gasteiger partial charge is 0.489 e. The van der Waals surface area contributed by atoms with Gasteiger partial charge in [0.15, 0.2) is 5.13 Å². The van der Waals surface area contributed by atoms with Gasteiger partial charge < -0.3 is 31.3 Å². The highest BCUT2D eigenvalue weighted by molar-refractivity contribution is 7.22.